The number of fused-ring (bicyclic) bond motifs is 1. The number of nitrogens with zero attached hydrogens (tertiary/aromatic N) is 2. The molecule has 2 aliphatic rings. The van der Waals surface area contributed by atoms with Gasteiger partial charge in [0.05, 0.1) is 11.3 Å². The van der Waals surface area contributed by atoms with Crippen LogP contribution in [-0.4, -0.2) is 43.5 Å². The maximum atomic E-state index is 11.8. The van der Waals surface area contributed by atoms with Gasteiger partial charge in [-0.25, -0.2) is 0 Å². The third kappa shape index (κ3) is 2.99. The zero-order valence-electron chi connectivity index (χ0n) is 13.4. The number of anilines is 1. The number of halogens is 1. The van der Waals surface area contributed by atoms with Gasteiger partial charge in [-0.1, -0.05) is 29.8 Å². The highest BCUT2D eigenvalue weighted by atomic mass is 35.5. The molecular formula is C19H19ClN2O2. The average Bonchev–Trinajstić information content (AvgIpc) is 2.99. The molecule has 4 nitrogen and oxygen atoms in total. The van der Waals surface area contributed by atoms with Gasteiger partial charge >= 0.3 is 0 Å². The van der Waals surface area contributed by atoms with Gasteiger partial charge in [0.2, 0.25) is 5.78 Å². The lowest BCUT2D eigenvalue weighted by Gasteiger charge is -2.36. The van der Waals surface area contributed by atoms with Gasteiger partial charge in [0.15, 0.2) is 12.4 Å². The largest absolute Gasteiger partial charge is 0.482 e. The number of carbonyl (C=O) groups is 1. The molecule has 0 saturated carbocycles. The SMILES string of the molecule is O=C1COc2c1cccc2N1CCN(Cc2ccc(Cl)cc2)CC1. The van der Waals surface area contributed by atoms with Gasteiger partial charge < -0.3 is 9.64 Å². The van der Waals surface area contributed by atoms with Crippen molar-refractivity contribution in [2.45, 2.75) is 6.54 Å². The minimum absolute atomic E-state index is 0.0771. The number of rotatable bonds is 3. The molecule has 0 radical (unpaired) electrons. The number of benzene rings is 2. The molecule has 0 atom stereocenters. The molecule has 0 bridgehead atoms. The van der Waals surface area contributed by atoms with E-state index in [1.54, 1.807) is 0 Å². The first kappa shape index (κ1) is 15.5. The first-order valence-electron chi connectivity index (χ1n) is 8.21. The fourth-order valence-corrected chi connectivity index (χ4v) is 3.48. The van der Waals surface area contributed by atoms with Crippen molar-refractivity contribution in [1.29, 1.82) is 0 Å². The van der Waals surface area contributed by atoms with E-state index >= 15 is 0 Å². The van der Waals surface area contributed by atoms with E-state index < -0.39 is 0 Å². The zero-order valence-corrected chi connectivity index (χ0v) is 14.1. The van der Waals surface area contributed by atoms with E-state index in [-0.39, 0.29) is 12.4 Å². The molecule has 0 unspecified atom stereocenters. The molecule has 0 spiro atoms. The lowest BCUT2D eigenvalue weighted by atomic mass is 10.1. The lowest BCUT2D eigenvalue weighted by molar-refractivity contribution is 0.0961. The molecule has 0 N–H and O–H groups in total. The molecule has 2 heterocycles. The maximum Gasteiger partial charge on any atom is 0.204 e. The summed E-state index contributed by atoms with van der Waals surface area (Å²) in [5.74, 6) is 0.835. The molecule has 5 heteroatoms. The van der Waals surface area contributed by atoms with E-state index in [1.807, 2.05) is 30.3 Å². The fraction of sp³-hybridized carbons (Fsp3) is 0.316. The van der Waals surface area contributed by atoms with Gasteiger partial charge in [-0.2, -0.15) is 0 Å². The van der Waals surface area contributed by atoms with Crippen LogP contribution in [0.25, 0.3) is 0 Å². The summed E-state index contributed by atoms with van der Waals surface area (Å²) >= 11 is 5.94. The highest BCUT2D eigenvalue weighted by molar-refractivity contribution is 6.30. The second-order valence-electron chi connectivity index (χ2n) is 6.26. The molecule has 24 heavy (non-hydrogen) atoms. The smallest absolute Gasteiger partial charge is 0.204 e. The number of ketones is 1. The highest BCUT2D eigenvalue weighted by Crippen LogP contribution is 2.36. The Morgan fingerprint density at radius 3 is 2.50 bits per heavy atom. The van der Waals surface area contributed by atoms with Crippen molar-refractivity contribution in [3.63, 3.8) is 0 Å². The van der Waals surface area contributed by atoms with E-state index in [2.05, 4.69) is 21.9 Å². The summed E-state index contributed by atoms with van der Waals surface area (Å²) in [7, 11) is 0. The van der Waals surface area contributed by atoms with E-state index in [4.69, 9.17) is 16.3 Å². The number of piperazine rings is 1. The molecule has 2 aromatic carbocycles. The second-order valence-corrected chi connectivity index (χ2v) is 6.69. The van der Waals surface area contributed by atoms with Crippen LogP contribution in [-0.2, 0) is 6.54 Å². The van der Waals surface area contributed by atoms with Crippen LogP contribution in [0.2, 0.25) is 5.02 Å². The van der Waals surface area contributed by atoms with Crippen molar-refractivity contribution < 1.29 is 9.53 Å². The van der Waals surface area contributed by atoms with Crippen molar-refractivity contribution in [3.05, 3.63) is 58.6 Å². The summed E-state index contributed by atoms with van der Waals surface area (Å²) in [6.07, 6.45) is 0. The van der Waals surface area contributed by atoms with Crippen LogP contribution in [0.5, 0.6) is 5.75 Å². The van der Waals surface area contributed by atoms with Crippen molar-refractivity contribution in [1.82, 2.24) is 4.90 Å². The Hall–Kier alpha value is -2.04. The number of ether oxygens (including phenoxy) is 1. The van der Waals surface area contributed by atoms with Gasteiger partial charge in [-0.05, 0) is 29.8 Å². The fourth-order valence-electron chi connectivity index (χ4n) is 3.36. The van der Waals surface area contributed by atoms with Gasteiger partial charge in [-0.15, -0.1) is 0 Å². The molecule has 0 amide bonds. The quantitative estimate of drug-likeness (QED) is 0.857. The summed E-state index contributed by atoms with van der Waals surface area (Å²) in [4.78, 5) is 16.6. The molecule has 1 saturated heterocycles. The number of carbonyl (C=O) groups excluding carboxylic acids is 1. The summed E-state index contributed by atoms with van der Waals surface area (Å²) in [6.45, 7) is 4.94. The molecule has 2 aliphatic heterocycles. The van der Waals surface area contributed by atoms with E-state index in [9.17, 15) is 4.79 Å². The van der Waals surface area contributed by atoms with Crippen LogP contribution >= 0.6 is 11.6 Å². The predicted octanol–water partition coefficient (Wildman–Crippen LogP) is 3.24. The Kier molecular flexibility index (Phi) is 4.17. The minimum atomic E-state index is 0.0771. The molecule has 124 valence electrons. The van der Waals surface area contributed by atoms with Crippen LogP contribution in [0.4, 0.5) is 5.69 Å². The Morgan fingerprint density at radius 1 is 1.00 bits per heavy atom. The van der Waals surface area contributed by atoms with Crippen molar-refractivity contribution in [2.75, 3.05) is 37.7 Å². The Balaban J connectivity index is 1.42. The summed E-state index contributed by atoms with van der Waals surface area (Å²) in [5.41, 5.74) is 3.04. The van der Waals surface area contributed by atoms with Crippen molar-refractivity contribution in [2.24, 2.45) is 0 Å². The zero-order chi connectivity index (χ0) is 16.5. The predicted molar refractivity (Wildman–Crippen MR) is 95.2 cm³/mol. The standard InChI is InChI=1S/C19H19ClN2O2/c20-15-6-4-14(5-7-15)12-21-8-10-22(11-9-21)17-3-1-2-16-18(23)13-24-19(16)17/h1-7H,8-13H2. The van der Waals surface area contributed by atoms with Gasteiger partial charge in [0.1, 0.15) is 0 Å². The summed E-state index contributed by atoms with van der Waals surface area (Å²) in [5, 5.41) is 0.774. The first-order chi connectivity index (χ1) is 11.7. The molecule has 0 aliphatic carbocycles. The van der Waals surface area contributed by atoms with Crippen LogP contribution in [0, 0.1) is 0 Å². The molecular weight excluding hydrogens is 324 g/mol. The van der Waals surface area contributed by atoms with Crippen molar-refractivity contribution in [3.8, 4) is 5.75 Å². The summed E-state index contributed by atoms with van der Waals surface area (Å²) in [6, 6.07) is 13.9. The van der Waals surface area contributed by atoms with Gasteiger partial charge in [0, 0.05) is 37.7 Å². The average molecular weight is 343 g/mol. The maximum absolute atomic E-state index is 11.8. The monoisotopic (exact) mass is 342 g/mol. The highest BCUT2D eigenvalue weighted by Gasteiger charge is 2.27. The van der Waals surface area contributed by atoms with Crippen LogP contribution < -0.4 is 9.64 Å². The Morgan fingerprint density at radius 2 is 1.75 bits per heavy atom. The molecule has 2 aromatic rings. The van der Waals surface area contributed by atoms with Gasteiger partial charge in [0.25, 0.3) is 0 Å². The lowest BCUT2D eigenvalue weighted by Crippen LogP contribution is -2.46. The molecule has 0 aromatic heterocycles. The first-order valence-corrected chi connectivity index (χ1v) is 8.59. The van der Waals surface area contributed by atoms with E-state index in [0.29, 0.717) is 0 Å². The van der Waals surface area contributed by atoms with E-state index in [1.165, 1.54) is 5.56 Å². The van der Waals surface area contributed by atoms with Gasteiger partial charge in [-0.3, -0.25) is 9.69 Å². The summed E-state index contributed by atoms with van der Waals surface area (Å²) < 4.78 is 5.61. The normalized spacial score (nSPS) is 17.7. The topological polar surface area (TPSA) is 32.8 Å². The molecule has 1 fully saturated rings. The van der Waals surface area contributed by atoms with Crippen LogP contribution in [0.1, 0.15) is 15.9 Å². The Labute approximate surface area is 146 Å². The number of hydrogen-bond acceptors (Lipinski definition) is 4. The second kappa shape index (κ2) is 6.46. The molecule has 4 rings (SSSR count). The number of Topliss-reactive ketones (excluding diaryl/α,β-unsaturated/α-hetero) is 1. The van der Waals surface area contributed by atoms with Crippen molar-refractivity contribution >= 4 is 23.1 Å². The number of hydrogen-bond donors (Lipinski definition) is 0. The minimum Gasteiger partial charge on any atom is -0.482 e. The third-order valence-electron chi connectivity index (χ3n) is 4.67. The number of para-hydroxylation sites is 1. The van der Waals surface area contributed by atoms with Crippen LogP contribution in [0.15, 0.2) is 42.5 Å². The van der Waals surface area contributed by atoms with E-state index in [0.717, 1.165) is 54.7 Å². The Bertz CT molecular complexity index is 752. The third-order valence-corrected chi connectivity index (χ3v) is 4.93. The van der Waals surface area contributed by atoms with Crippen LogP contribution in [0.3, 0.4) is 0 Å².